The fraction of sp³-hybridized carbons (Fsp3) is 0.333. The third-order valence-electron chi connectivity index (χ3n) is 2.34. The molecule has 0 heterocycles. The van der Waals surface area contributed by atoms with Crippen LogP contribution in [0.5, 0.6) is 0 Å². The molecule has 0 radical (unpaired) electrons. The number of hydrogen-bond acceptors (Lipinski definition) is 2. The van der Waals surface area contributed by atoms with E-state index in [2.05, 4.69) is 5.32 Å². The summed E-state index contributed by atoms with van der Waals surface area (Å²) in [5.74, 6) is -0.440. The average molecular weight is 289 g/mol. The number of amides is 2. The van der Waals surface area contributed by atoms with Gasteiger partial charge in [-0.25, -0.2) is 0 Å². The van der Waals surface area contributed by atoms with Gasteiger partial charge in [-0.2, -0.15) is 0 Å². The Hall–Kier alpha value is -1.26. The van der Waals surface area contributed by atoms with Crippen LogP contribution in [0.15, 0.2) is 18.2 Å². The Kier molecular flexibility index (Phi) is 5.44. The van der Waals surface area contributed by atoms with Crippen molar-refractivity contribution < 1.29 is 9.59 Å². The first-order valence-electron chi connectivity index (χ1n) is 5.43. The van der Waals surface area contributed by atoms with Crippen molar-refractivity contribution in [3.8, 4) is 0 Å². The Labute approximate surface area is 116 Å². The molecule has 0 unspecified atom stereocenters. The summed E-state index contributed by atoms with van der Waals surface area (Å²) in [7, 11) is 1.57. The van der Waals surface area contributed by atoms with Crippen molar-refractivity contribution in [3.63, 3.8) is 0 Å². The molecule has 0 aromatic heterocycles. The predicted octanol–water partition coefficient (Wildman–Crippen LogP) is 2.80. The molecule has 0 spiro atoms. The van der Waals surface area contributed by atoms with E-state index in [1.165, 1.54) is 4.90 Å². The number of likely N-dealkylation sites (N-methyl/N-ethyl adjacent to an activating group) is 1. The van der Waals surface area contributed by atoms with Gasteiger partial charge in [0.1, 0.15) is 0 Å². The quantitative estimate of drug-likeness (QED) is 0.926. The first-order valence-corrected chi connectivity index (χ1v) is 6.19. The van der Waals surface area contributed by atoms with Crippen molar-refractivity contribution in [2.45, 2.75) is 13.3 Å². The molecule has 0 fully saturated rings. The molecule has 1 N–H and O–H groups in total. The first-order chi connectivity index (χ1) is 8.45. The second-order valence-corrected chi connectivity index (χ2v) is 4.56. The van der Waals surface area contributed by atoms with Crippen molar-refractivity contribution in [1.29, 1.82) is 0 Å². The minimum atomic E-state index is -0.339. The number of para-hydroxylation sites is 1. The largest absolute Gasteiger partial charge is 0.336 e. The van der Waals surface area contributed by atoms with Gasteiger partial charge in [-0.1, -0.05) is 36.2 Å². The van der Waals surface area contributed by atoms with Crippen LogP contribution < -0.4 is 5.32 Å². The van der Waals surface area contributed by atoms with Gasteiger partial charge in [0.05, 0.1) is 22.3 Å². The van der Waals surface area contributed by atoms with Crippen LogP contribution in [0.1, 0.15) is 13.3 Å². The molecule has 0 atom stereocenters. The molecule has 0 saturated carbocycles. The number of hydrogen-bond donors (Lipinski definition) is 1. The Morgan fingerprint density at radius 2 is 1.83 bits per heavy atom. The molecule has 0 aliphatic heterocycles. The highest BCUT2D eigenvalue weighted by Crippen LogP contribution is 2.29. The topological polar surface area (TPSA) is 49.4 Å². The van der Waals surface area contributed by atoms with Gasteiger partial charge in [0.2, 0.25) is 11.8 Å². The molecule has 6 heteroatoms. The fourth-order valence-corrected chi connectivity index (χ4v) is 1.86. The lowest BCUT2D eigenvalue weighted by atomic mass is 10.3. The van der Waals surface area contributed by atoms with Crippen LogP contribution in [-0.2, 0) is 9.59 Å². The van der Waals surface area contributed by atoms with Gasteiger partial charge in [-0.3, -0.25) is 9.59 Å². The van der Waals surface area contributed by atoms with E-state index in [0.717, 1.165) is 0 Å². The Balaban J connectivity index is 2.68. The SMILES string of the molecule is CCC(=O)N(C)CC(=O)Nc1c(Cl)cccc1Cl. The van der Waals surface area contributed by atoms with E-state index >= 15 is 0 Å². The highest BCUT2D eigenvalue weighted by Gasteiger charge is 2.13. The smallest absolute Gasteiger partial charge is 0.244 e. The molecule has 0 aliphatic rings. The van der Waals surface area contributed by atoms with Crippen molar-refractivity contribution in [3.05, 3.63) is 28.2 Å². The van der Waals surface area contributed by atoms with Crippen molar-refractivity contribution in [2.24, 2.45) is 0 Å². The maximum Gasteiger partial charge on any atom is 0.244 e. The van der Waals surface area contributed by atoms with Crippen LogP contribution in [0.2, 0.25) is 10.0 Å². The number of nitrogens with one attached hydrogen (secondary N) is 1. The van der Waals surface area contributed by atoms with E-state index in [4.69, 9.17) is 23.2 Å². The number of anilines is 1. The fourth-order valence-electron chi connectivity index (χ4n) is 1.37. The van der Waals surface area contributed by atoms with Crippen LogP contribution in [0, 0.1) is 0 Å². The summed E-state index contributed by atoms with van der Waals surface area (Å²) in [5.41, 5.74) is 0.364. The van der Waals surface area contributed by atoms with E-state index in [-0.39, 0.29) is 18.4 Å². The molecule has 1 aromatic carbocycles. The summed E-state index contributed by atoms with van der Waals surface area (Å²) < 4.78 is 0. The van der Waals surface area contributed by atoms with Crippen LogP contribution in [-0.4, -0.2) is 30.3 Å². The van der Waals surface area contributed by atoms with Crippen LogP contribution in [0.4, 0.5) is 5.69 Å². The Bertz CT molecular complexity index is 443. The number of carbonyl (C=O) groups excluding carboxylic acids is 2. The lowest BCUT2D eigenvalue weighted by Crippen LogP contribution is -2.34. The lowest BCUT2D eigenvalue weighted by molar-refractivity contribution is -0.133. The summed E-state index contributed by atoms with van der Waals surface area (Å²) in [4.78, 5) is 24.4. The second kappa shape index (κ2) is 6.61. The molecule has 18 heavy (non-hydrogen) atoms. The zero-order valence-electron chi connectivity index (χ0n) is 10.2. The number of rotatable bonds is 4. The zero-order valence-corrected chi connectivity index (χ0v) is 11.7. The average Bonchev–Trinajstić information content (AvgIpc) is 2.32. The zero-order chi connectivity index (χ0) is 13.7. The maximum absolute atomic E-state index is 11.7. The van der Waals surface area contributed by atoms with Crippen molar-refractivity contribution in [2.75, 3.05) is 18.9 Å². The third-order valence-corrected chi connectivity index (χ3v) is 2.97. The van der Waals surface area contributed by atoms with Crippen LogP contribution in [0.3, 0.4) is 0 Å². The molecule has 1 aromatic rings. The summed E-state index contributed by atoms with van der Waals surface area (Å²) in [6.07, 6.45) is 0.358. The normalized spacial score (nSPS) is 10.0. The van der Waals surface area contributed by atoms with Gasteiger partial charge in [0.25, 0.3) is 0 Å². The predicted molar refractivity (Wildman–Crippen MR) is 73.0 cm³/mol. The maximum atomic E-state index is 11.7. The molecule has 98 valence electrons. The minimum absolute atomic E-state index is 0.0335. The van der Waals surface area contributed by atoms with Crippen molar-refractivity contribution in [1.82, 2.24) is 4.90 Å². The molecule has 0 aliphatic carbocycles. The number of halogens is 2. The highest BCUT2D eigenvalue weighted by molar-refractivity contribution is 6.39. The van der Waals surface area contributed by atoms with E-state index < -0.39 is 0 Å². The standard InChI is InChI=1S/C12H14Cl2N2O2/c1-3-11(18)16(2)7-10(17)15-12-8(13)5-4-6-9(12)14/h4-6H,3,7H2,1-2H3,(H,15,17). The number of benzene rings is 1. The summed E-state index contributed by atoms with van der Waals surface area (Å²) in [6.45, 7) is 1.70. The molecule has 1 rings (SSSR count). The molecule has 0 bridgehead atoms. The second-order valence-electron chi connectivity index (χ2n) is 3.75. The molecule has 4 nitrogen and oxygen atoms in total. The molecular weight excluding hydrogens is 275 g/mol. The third kappa shape index (κ3) is 3.89. The van der Waals surface area contributed by atoms with Gasteiger partial charge < -0.3 is 10.2 Å². The van der Waals surface area contributed by atoms with E-state index in [0.29, 0.717) is 22.2 Å². The monoisotopic (exact) mass is 288 g/mol. The Morgan fingerprint density at radius 1 is 1.28 bits per heavy atom. The molecule has 0 saturated heterocycles. The van der Waals surface area contributed by atoms with Crippen molar-refractivity contribution >= 4 is 40.7 Å². The summed E-state index contributed by atoms with van der Waals surface area (Å²) >= 11 is 11.8. The van der Waals surface area contributed by atoms with Gasteiger partial charge >= 0.3 is 0 Å². The van der Waals surface area contributed by atoms with Gasteiger partial charge in [-0.05, 0) is 12.1 Å². The molecular formula is C12H14Cl2N2O2. The van der Waals surface area contributed by atoms with Gasteiger partial charge in [0.15, 0.2) is 0 Å². The van der Waals surface area contributed by atoms with E-state index in [1.54, 1.807) is 32.2 Å². The first kappa shape index (κ1) is 14.8. The number of nitrogens with zero attached hydrogens (tertiary/aromatic N) is 1. The Morgan fingerprint density at radius 3 is 2.33 bits per heavy atom. The van der Waals surface area contributed by atoms with E-state index in [9.17, 15) is 9.59 Å². The van der Waals surface area contributed by atoms with Crippen LogP contribution in [0.25, 0.3) is 0 Å². The lowest BCUT2D eigenvalue weighted by Gasteiger charge is -2.16. The minimum Gasteiger partial charge on any atom is -0.336 e. The van der Waals surface area contributed by atoms with Gasteiger partial charge in [0, 0.05) is 13.5 Å². The van der Waals surface area contributed by atoms with Gasteiger partial charge in [-0.15, -0.1) is 0 Å². The molecule has 2 amide bonds. The highest BCUT2D eigenvalue weighted by atomic mass is 35.5. The van der Waals surface area contributed by atoms with E-state index in [1.807, 2.05) is 0 Å². The summed E-state index contributed by atoms with van der Waals surface area (Å²) in [5, 5.41) is 3.31. The number of carbonyl (C=O) groups is 2. The summed E-state index contributed by atoms with van der Waals surface area (Å²) in [6, 6.07) is 4.95. The van der Waals surface area contributed by atoms with Crippen LogP contribution >= 0.6 is 23.2 Å².